The quantitative estimate of drug-likeness (QED) is 0.648. The zero-order valence-corrected chi connectivity index (χ0v) is 18.8. The molecule has 0 saturated carbocycles. The largest absolute Gasteiger partial charge is 2.00 e. The van der Waals surface area contributed by atoms with Gasteiger partial charge < -0.3 is 10.2 Å². The van der Waals surface area contributed by atoms with Gasteiger partial charge in [0.05, 0.1) is 0 Å². The van der Waals surface area contributed by atoms with E-state index in [1.807, 2.05) is 24.3 Å². The summed E-state index contributed by atoms with van der Waals surface area (Å²) in [4.78, 5) is 0. The van der Waals surface area contributed by atoms with Crippen LogP contribution in [0.2, 0.25) is 0 Å². The minimum Gasteiger partial charge on any atom is -0.872 e. The van der Waals surface area contributed by atoms with Gasteiger partial charge in [-0.15, -0.1) is 11.5 Å². The van der Waals surface area contributed by atoms with Crippen molar-refractivity contribution in [3.05, 3.63) is 59.7 Å². The predicted octanol–water partition coefficient (Wildman–Crippen LogP) is 3.82. The predicted molar refractivity (Wildman–Crippen MR) is 94.8 cm³/mol. The first kappa shape index (κ1) is 22.6. The van der Waals surface area contributed by atoms with E-state index in [-0.39, 0.29) is 60.4 Å². The van der Waals surface area contributed by atoms with Crippen LogP contribution >= 0.6 is 0 Å². The van der Waals surface area contributed by atoms with Crippen LogP contribution in [0.25, 0.3) is 0 Å². The summed E-state index contributed by atoms with van der Waals surface area (Å²) >= 11 is 0. The molecule has 120 valence electrons. The Morgan fingerprint density at radius 3 is 1.17 bits per heavy atom. The van der Waals surface area contributed by atoms with Gasteiger partial charge in [0.2, 0.25) is 0 Å². The molecule has 0 bridgehead atoms. The fourth-order valence-electron chi connectivity index (χ4n) is 2.07. The molecule has 0 radical (unpaired) electrons. The van der Waals surface area contributed by atoms with Gasteiger partial charge in [0, 0.05) is 0 Å². The summed E-state index contributed by atoms with van der Waals surface area (Å²) < 4.78 is 0. The average Bonchev–Trinajstić information content (AvgIpc) is 2.54. The molecule has 0 spiro atoms. The third kappa shape index (κ3) is 10.9. The second-order valence-corrected chi connectivity index (χ2v) is 5.50. The van der Waals surface area contributed by atoms with Gasteiger partial charge in [0.1, 0.15) is 0 Å². The molecular weight excluding hydrogens is 410 g/mol. The number of aryl methyl sites for hydroxylation is 2. The van der Waals surface area contributed by atoms with E-state index in [1.165, 1.54) is 36.8 Å². The minimum atomic E-state index is 0. The molecule has 0 aliphatic heterocycles. The number of hydrogen-bond donors (Lipinski definition) is 0. The molecule has 3 heteroatoms. The molecule has 2 rings (SSSR count). The van der Waals surface area contributed by atoms with Crippen molar-refractivity contribution in [2.45, 2.75) is 52.4 Å². The monoisotopic (exact) mass is 436 g/mol. The van der Waals surface area contributed by atoms with Crippen LogP contribution in [0.4, 0.5) is 0 Å². The van der Waals surface area contributed by atoms with Crippen molar-refractivity contribution in [2.24, 2.45) is 0 Å². The molecule has 2 nitrogen and oxygen atoms in total. The molecule has 0 atom stereocenters. The van der Waals surface area contributed by atoms with Crippen molar-refractivity contribution in [3.8, 4) is 11.5 Å². The summed E-state index contributed by atoms with van der Waals surface area (Å²) in [7, 11) is 0. The third-order valence-electron chi connectivity index (χ3n) is 3.48. The Morgan fingerprint density at radius 1 is 0.609 bits per heavy atom. The standard InChI is InChI=1S/2C10H14O.Ba/c2*1-2-3-4-9-5-7-10(11)8-6-9;/h2*5-8,11H,2-4H2,1H3;/q;;+2/p-2. The van der Waals surface area contributed by atoms with Crippen molar-refractivity contribution in [1.82, 2.24) is 0 Å². The Balaban J connectivity index is 0.000000403. The van der Waals surface area contributed by atoms with E-state index < -0.39 is 0 Å². The summed E-state index contributed by atoms with van der Waals surface area (Å²) in [5, 5.41) is 21.4. The van der Waals surface area contributed by atoms with Crippen LogP contribution in [-0.2, 0) is 12.8 Å². The second-order valence-electron chi connectivity index (χ2n) is 5.50. The smallest absolute Gasteiger partial charge is 0.872 e. The van der Waals surface area contributed by atoms with Crippen LogP contribution in [0.5, 0.6) is 11.5 Å². The maximum atomic E-state index is 10.7. The molecule has 0 N–H and O–H groups in total. The molecule has 0 unspecified atom stereocenters. The summed E-state index contributed by atoms with van der Waals surface area (Å²) in [5.74, 6) is 0.204. The summed E-state index contributed by atoms with van der Waals surface area (Å²) in [5.41, 5.74) is 2.54. The van der Waals surface area contributed by atoms with Gasteiger partial charge in [-0.1, -0.05) is 75.2 Å². The van der Waals surface area contributed by atoms with E-state index in [0.717, 1.165) is 12.8 Å². The van der Waals surface area contributed by atoms with E-state index >= 15 is 0 Å². The van der Waals surface area contributed by atoms with Gasteiger partial charge in [0.15, 0.2) is 0 Å². The SMILES string of the molecule is CCCCc1ccc([O-])cc1.CCCCc1ccc([O-])cc1.[Ba+2]. The minimum absolute atomic E-state index is 0. The number of unbranched alkanes of at least 4 members (excludes halogenated alkanes) is 2. The zero-order chi connectivity index (χ0) is 16.2. The van der Waals surface area contributed by atoms with E-state index in [0.29, 0.717) is 0 Å². The van der Waals surface area contributed by atoms with Crippen LogP contribution in [-0.4, -0.2) is 48.9 Å². The van der Waals surface area contributed by atoms with Crippen LogP contribution in [0.3, 0.4) is 0 Å². The maximum absolute atomic E-state index is 10.7. The zero-order valence-electron chi connectivity index (χ0n) is 14.4. The van der Waals surface area contributed by atoms with Gasteiger partial charge >= 0.3 is 48.9 Å². The van der Waals surface area contributed by atoms with Gasteiger partial charge in [-0.2, -0.15) is 0 Å². The first-order valence-electron chi connectivity index (χ1n) is 8.17. The number of benzene rings is 2. The van der Waals surface area contributed by atoms with Gasteiger partial charge in [0.25, 0.3) is 0 Å². The van der Waals surface area contributed by atoms with Gasteiger partial charge in [-0.05, 0) is 36.8 Å². The Bertz CT molecular complexity index is 457. The molecule has 0 heterocycles. The Morgan fingerprint density at radius 2 is 0.913 bits per heavy atom. The van der Waals surface area contributed by atoms with Crippen LogP contribution in [0, 0.1) is 0 Å². The first-order chi connectivity index (χ1) is 10.7. The van der Waals surface area contributed by atoms with E-state index in [1.54, 1.807) is 24.3 Å². The Kier molecular flexibility index (Phi) is 13.8. The van der Waals surface area contributed by atoms with E-state index in [9.17, 15) is 10.2 Å². The molecule has 0 fully saturated rings. The fourth-order valence-corrected chi connectivity index (χ4v) is 2.07. The summed E-state index contributed by atoms with van der Waals surface area (Å²) in [6.45, 7) is 4.34. The van der Waals surface area contributed by atoms with Crippen LogP contribution in [0.1, 0.15) is 50.7 Å². The molecule has 2 aromatic rings. The molecule has 0 aliphatic carbocycles. The maximum Gasteiger partial charge on any atom is 2.00 e. The van der Waals surface area contributed by atoms with E-state index in [2.05, 4.69) is 13.8 Å². The molecular formula is C20H26BaO2. The van der Waals surface area contributed by atoms with E-state index in [4.69, 9.17) is 0 Å². The molecule has 0 saturated heterocycles. The van der Waals surface area contributed by atoms with Crippen LogP contribution < -0.4 is 10.2 Å². The Hall–Kier alpha value is -0.389. The fraction of sp³-hybridized carbons (Fsp3) is 0.400. The molecule has 0 aliphatic rings. The number of hydrogen-bond acceptors (Lipinski definition) is 2. The van der Waals surface area contributed by atoms with Crippen molar-refractivity contribution >= 4 is 48.9 Å². The van der Waals surface area contributed by atoms with Crippen molar-refractivity contribution in [1.29, 1.82) is 0 Å². The molecule has 0 amide bonds. The van der Waals surface area contributed by atoms with Gasteiger partial charge in [-0.3, -0.25) is 0 Å². The molecule has 0 aromatic heterocycles. The first-order valence-corrected chi connectivity index (χ1v) is 8.17. The normalized spacial score (nSPS) is 9.48. The molecule has 23 heavy (non-hydrogen) atoms. The topological polar surface area (TPSA) is 46.1 Å². The van der Waals surface area contributed by atoms with Crippen molar-refractivity contribution in [2.75, 3.05) is 0 Å². The Labute approximate surface area is 181 Å². The number of rotatable bonds is 6. The third-order valence-corrected chi connectivity index (χ3v) is 3.48. The van der Waals surface area contributed by atoms with Crippen LogP contribution in [0.15, 0.2) is 48.5 Å². The summed E-state index contributed by atoms with van der Waals surface area (Å²) in [6.07, 6.45) is 7.02. The average molecular weight is 436 g/mol. The molecule has 2 aromatic carbocycles. The summed E-state index contributed by atoms with van der Waals surface area (Å²) in [6, 6.07) is 14.2. The second kappa shape index (κ2) is 14.0. The van der Waals surface area contributed by atoms with Crippen molar-refractivity contribution in [3.63, 3.8) is 0 Å². The van der Waals surface area contributed by atoms with Crippen molar-refractivity contribution < 1.29 is 10.2 Å². The van der Waals surface area contributed by atoms with Gasteiger partial charge in [-0.25, -0.2) is 0 Å².